The van der Waals surface area contributed by atoms with E-state index in [9.17, 15) is 0 Å². The van der Waals surface area contributed by atoms with Crippen molar-refractivity contribution in [1.29, 1.82) is 0 Å². The van der Waals surface area contributed by atoms with Gasteiger partial charge in [-0.25, -0.2) is 0 Å². The highest BCUT2D eigenvalue weighted by atomic mass is 79.9. The van der Waals surface area contributed by atoms with Crippen LogP contribution in [-0.4, -0.2) is 5.33 Å². The zero-order valence-electron chi connectivity index (χ0n) is 8.63. The SMILES string of the molecule is CCC(C)C(CBr)c1ccccc1Cl. The molecule has 0 radical (unpaired) electrons. The van der Waals surface area contributed by atoms with Gasteiger partial charge in [-0.15, -0.1) is 0 Å². The fourth-order valence-electron chi connectivity index (χ4n) is 1.60. The number of hydrogen-bond acceptors (Lipinski definition) is 0. The van der Waals surface area contributed by atoms with Crippen LogP contribution >= 0.6 is 27.5 Å². The van der Waals surface area contributed by atoms with E-state index >= 15 is 0 Å². The summed E-state index contributed by atoms with van der Waals surface area (Å²) in [5, 5.41) is 1.86. The average Bonchev–Trinajstić information content (AvgIpc) is 2.21. The molecule has 1 rings (SSSR count). The molecule has 0 saturated heterocycles. The number of halogens is 2. The lowest BCUT2D eigenvalue weighted by molar-refractivity contribution is 0.481. The van der Waals surface area contributed by atoms with Gasteiger partial charge < -0.3 is 0 Å². The first-order valence-electron chi connectivity index (χ1n) is 5.01. The van der Waals surface area contributed by atoms with Crippen molar-refractivity contribution in [2.45, 2.75) is 26.2 Å². The van der Waals surface area contributed by atoms with E-state index in [2.05, 4.69) is 41.9 Å². The number of hydrogen-bond donors (Lipinski definition) is 0. The van der Waals surface area contributed by atoms with Crippen LogP contribution in [0.3, 0.4) is 0 Å². The molecule has 0 aromatic heterocycles. The summed E-state index contributed by atoms with van der Waals surface area (Å²) in [5.74, 6) is 1.18. The van der Waals surface area contributed by atoms with Crippen molar-refractivity contribution >= 4 is 27.5 Å². The molecule has 1 aromatic carbocycles. The van der Waals surface area contributed by atoms with Crippen LogP contribution in [-0.2, 0) is 0 Å². The Hall–Kier alpha value is -0.0100. The molecule has 0 aliphatic rings. The maximum atomic E-state index is 6.18. The van der Waals surface area contributed by atoms with E-state index in [0.29, 0.717) is 11.8 Å². The lowest BCUT2D eigenvalue weighted by atomic mass is 9.87. The Bertz CT molecular complexity index is 285. The molecule has 0 heterocycles. The second-order valence-corrected chi connectivity index (χ2v) is 4.72. The van der Waals surface area contributed by atoms with Gasteiger partial charge in [0.1, 0.15) is 0 Å². The van der Waals surface area contributed by atoms with Crippen molar-refractivity contribution in [1.82, 2.24) is 0 Å². The molecular formula is C12H16BrCl. The Balaban J connectivity index is 2.94. The van der Waals surface area contributed by atoms with Crippen molar-refractivity contribution in [2.75, 3.05) is 5.33 Å². The predicted molar refractivity (Wildman–Crippen MR) is 67.4 cm³/mol. The van der Waals surface area contributed by atoms with Gasteiger partial charge in [-0.05, 0) is 23.5 Å². The molecule has 0 aliphatic heterocycles. The molecule has 2 atom stereocenters. The monoisotopic (exact) mass is 274 g/mol. The third-order valence-corrected chi connectivity index (χ3v) is 3.84. The van der Waals surface area contributed by atoms with Crippen molar-refractivity contribution in [2.24, 2.45) is 5.92 Å². The lowest BCUT2D eigenvalue weighted by Crippen LogP contribution is -2.10. The third kappa shape index (κ3) is 2.74. The molecule has 0 bridgehead atoms. The summed E-state index contributed by atoms with van der Waals surface area (Å²) in [6.07, 6.45) is 1.18. The first kappa shape index (κ1) is 12.1. The van der Waals surface area contributed by atoms with Crippen LogP contribution in [0.1, 0.15) is 31.7 Å². The molecule has 0 fully saturated rings. The predicted octanol–water partition coefficient (Wildman–Crippen LogP) is 4.86. The minimum absolute atomic E-state index is 0.522. The van der Waals surface area contributed by atoms with E-state index < -0.39 is 0 Å². The van der Waals surface area contributed by atoms with Crippen molar-refractivity contribution in [3.8, 4) is 0 Å². The average molecular weight is 276 g/mol. The summed E-state index contributed by atoms with van der Waals surface area (Å²) in [7, 11) is 0. The van der Waals surface area contributed by atoms with Gasteiger partial charge in [0.2, 0.25) is 0 Å². The lowest BCUT2D eigenvalue weighted by Gasteiger charge is -2.22. The van der Waals surface area contributed by atoms with Crippen molar-refractivity contribution in [3.05, 3.63) is 34.9 Å². The minimum atomic E-state index is 0.522. The molecule has 2 heteroatoms. The highest BCUT2D eigenvalue weighted by molar-refractivity contribution is 9.09. The van der Waals surface area contributed by atoms with Crippen LogP contribution in [0.5, 0.6) is 0 Å². The maximum Gasteiger partial charge on any atom is 0.0441 e. The maximum absolute atomic E-state index is 6.18. The van der Waals surface area contributed by atoms with E-state index in [0.717, 1.165) is 10.4 Å². The topological polar surface area (TPSA) is 0 Å². The van der Waals surface area contributed by atoms with E-state index in [1.807, 2.05) is 12.1 Å². The molecule has 78 valence electrons. The molecule has 0 aliphatic carbocycles. The summed E-state index contributed by atoms with van der Waals surface area (Å²) in [5.41, 5.74) is 1.26. The van der Waals surface area contributed by atoms with Gasteiger partial charge >= 0.3 is 0 Å². The first-order valence-corrected chi connectivity index (χ1v) is 6.51. The van der Waals surface area contributed by atoms with Gasteiger partial charge in [-0.1, -0.05) is 66.0 Å². The number of benzene rings is 1. The zero-order chi connectivity index (χ0) is 10.6. The van der Waals surface area contributed by atoms with Crippen molar-refractivity contribution < 1.29 is 0 Å². The summed E-state index contributed by atoms with van der Waals surface area (Å²) in [4.78, 5) is 0. The molecule has 0 nitrogen and oxygen atoms in total. The molecule has 2 unspecified atom stereocenters. The van der Waals surface area contributed by atoms with Gasteiger partial charge in [0.25, 0.3) is 0 Å². The Morgan fingerprint density at radius 3 is 2.50 bits per heavy atom. The normalized spacial score (nSPS) is 15.1. The van der Waals surface area contributed by atoms with Crippen LogP contribution in [0.25, 0.3) is 0 Å². The molecule has 0 saturated carbocycles. The van der Waals surface area contributed by atoms with Gasteiger partial charge in [-0.2, -0.15) is 0 Å². The summed E-state index contributed by atoms with van der Waals surface area (Å²) in [6.45, 7) is 4.49. The largest absolute Gasteiger partial charge is 0.0921 e. The van der Waals surface area contributed by atoms with E-state index in [1.54, 1.807) is 0 Å². The number of rotatable bonds is 4. The minimum Gasteiger partial charge on any atom is -0.0921 e. The molecule has 1 aromatic rings. The smallest absolute Gasteiger partial charge is 0.0441 e. The van der Waals surface area contributed by atoms with Crippen LogP contribution in [0, 0.1) is 5.92 Å². The van der Waals surface area contributed by atoms with Crippen LogP contribution < -0.4 is 0 Å². The first-order chi connectivity index (χ1) is 6.70. The Morgan fingerprint density at radius 1 is 1.36 bits per heavy atom. The van der Waals surface area contributed by atoms with Crippen LogP contribution in [0.2, 0.25) is 5.02 Å². The Labute approximate surface area is 99.8 Å². The quantitative estimate of drug-likeness (QED) is 0.688. The fourth-order valence-corrected chi connectivity index (χ4v) is 2.86. The van der Waals surface area contributed by atoms with Crippen molar-refractivity contribution in [3.63, 3.8) is 0 Å². The molecule has 0 N–H and O–H groups in total. The summed E-state index contributed by atoms with van der Waals surface area (Å²) < 4.78 is 0. The van der Waals surface area contributed by atoms with E-state index in [-0.39, 0.29) is 0 Å². The molecule has 0 spiro atoms. The fraction of sp³-hybridized carbons (Fsp3) is 0.500. The van der Waals surface area contributed by atoms with Gasteiger partial charge in [0.15, 0.2) is 0 Å². The third-order valence-electron chi connectivity index (χ3n) is 2.80. The van der Waals surface area contributed by atoms with E-state index in [4.69, 9.17) is 11.6 Å². The van der Waals surface area contributed by atoms with Crippen LogP contribution in [0.4, 0.5) is 0 Å². The second kappa shape index (κ2) is 5.77. The Morgan fingerprint density at radius 2 is 2.00 bits per heavy atom. The van der Waals surface area contributed by atoms with Crippen LogP contribution in [0.15, 0.2) is 24.3 Å². The standard InChI is InChI=1S/C12H16BrCl/c1-3-9(2)11(8-13)10-6-4-5-7-12(10)14/h4-7,9,11H,3,8H2,1-2H3. The summed E-state index contributed by atoms with van der Waals surface area (Å²) >= 11 is 9.75. The molecule has 0 amide bonds. The van der Waals surface area contributed by atoms with Gasteiger partial charge in [-0.3, -0.25) is 0 Å². The number of alkyl halides is 1. The second-order valence-electron chi connectivity index (χ2n) is 3.67. The van der Waals surface area contributed by atoms with Gasteiger partial charge in [0.05, 0.1) is 0 Å². The molecule has 14 heavy (non-hydrogen) atoms. The Kier molecular flexibility index (Phi) is 4.97. The summed E-state index contributed by atoms with van der Waals surface area (Å²) in [6, 6.07) is 8.13. The zero-order valence-corrected chi connectivity index (χ0v) is 11.0. The highest BCUT2D eigenvalue weighted by Gasteiger charge is 2.18. The van der Waals surface area contributed by atoms with Gasteiger partial charge in [0, 0.05) is 10.4 Å². The van der Waals surface area contributed by atoms with E-state index in [1.165, 1.54) is 12.0 Å². The highest BCUT2D eigenvalue weighted by Crippen LogP contribution is 2.33. The molecular weight excluding hydrogens is 259 g/mol.